The lowest BCUT2D eigenvalue weighted by Crippen LogP contribution is -2.12. The van der Waals surface area contributed by atoms with Gasteiger partial charge in [-0.2, -0.15) is 0 Å². The van der Waals surface area contributed by atoms with E-state index in [4.69, 9.17) is 4.74 Å². The molecule has 0 aliphatic carbocycles. The van der Waals surface area contributed by atoms with Crippen molar-refractivity contribution in [2.75, 3.05) is 6.61 Å². The van der Waals surface area contributed by atoms with Gasteiger partial charge in [-0.05, 0) is 13.8 Å². The quantitative estimate of drug-likeness (QED) is 0.690. The smallest absolute Gasteiger partial charge is 0.356 e. The Morgan fingerprint density at radius 2 is 2.31 bits per heavy atom. The van der Waals surface area contributed by atoms with Crippen molar-refractivity contribution in [1.29, 1.82) is 0 Å². The van der Waals surface area contributed by atoms with Gasteiger partial charge in [-0.1, -0.05) is 0 Å². The second-order valence-electron chi connectivity index (χ2n) is 2.47. The molecule has 13 heavy (non-hydrogen) atoms. The molecule has 0 fully saturated rings. The largest absolute Gasteiger partial charge is 0.461 e. The Morgan fingerprint density at radius 1 is 1.62 bits per heavy atom. The fourth-order valence-electron chi connectivity index (χ4n) is 1.05. The average molecular weight is 184 g/mol. The van der Waals surface area contributed by atoms with Crippen molar-refractivity contribution >= 4 is 5.97 Å². The van der Waals surface area contributed by atoms with E-state index < -0.39 is 5.97 Å². The first-order valence-corrected chi connectivity index (χ1v) is 4.16. The molecule has 1 N–H and O–H groups in total. The highest BCUT2D eigenvalue weighted by atomic mass is 16.5. The van der Waals surface area contributed by atoms with E-state index in [1.165, 1.54) is 10.7 Å². The van der Waals surface area contributed by atoms with Gasteiger partial charge in [0.15, 0.2) is 0 Å². The van der Waals surface area contributed by atoms with Gasteiger partial charge in [0.1, 0.15) is 5.69 Å². The van der Waals surface area contributed by atoms with Crippen molar-refractivity contribution in [1.82, 2.24) is 9.78 Å². The summed E-state index contributed by atoms with van der Waals surface area (Å²) in [7, 11) is 0. The molecule has 0 saturated heterocycles. The van der Waals surface area contributed by atoms with Crippen LogP contribution in [-0.2, 0) is 11.3 Å². The van der Waals surface area contributed by atoms with Gasteiger partial charge in [0.05, 0.1) is 6.61 Å². The summed E-state index contributed by atoms with van der Waals surface area (Å²) in [6.07, 6.45) is 0. The molecule has 0 bridgehead atoms. The molecule has 0 aliphatic heterocycles. The van der Waals surface area contributed by atoms with Crippen molar-refractivity contribution < 1.29 is 9.53 Å². The Balaban J connectivity index is 2.98. The van der Waals surface area contributed by atoms with E-state index in [2.05, 4.69) is 5.10 Å². The molecule has 5 heteroatoms. The number of aromatic amines is 1. The average Bonchev–Trinajstić information content (AvgIpc) is 2.47. The first kappa shape index (κ1) is 9.57. The van der Waals surface area contributed by atoms with Gasteiger partial charge in [0.2, 0.25) is 0 Å². The Labute approximate surface area is 75.3 Å². The number of H-pyrrole nitrogens is 1. The Hall–Kier alpha value is -1.52. The number of hydrogen-bond donors (Lipinski definition) is 1. The maximum absolute atomic E-state index is 11.2. The summed E-state index contributed by atoms with van der Waals surface area (Å²) in [6.45, 7) is 4.40. The molecule has 1 aromatic heterocycles. The number of aryl methyl sites for hydroxylation is 1. The number of aromatic nitrogens is 2. The van der Waals surface area contributed by atoms with Gasteiger partial charge < -0.3 is 4.74 Å². The molecule has 0 radical (unpaired) electrons. The van der Waals surface area contributed by atoms with Crippen molar-refractivity contribution in [2.45, 2.75) is 20.4 Å². The zero-order valence-electron chi connectivity index (χ0n) is 7.66. The van der Waals surface area contributed by atoms with Gasteiger partial charge in [-0.15, -0.1) is 0 Å². The van der Waals surface area contributed by atoms with Gasteiger partial charge >= 0.3 is 5.97 Å². The molecule has 72 valence electrons. The zero-order chi connectivity index (χ0) is 9.84. The molecule has 1 rings (SSSR count). The van der Waals surface area contributed by atoms with Crippen LogP contribution in [0.3, 0.4) is 0 Å². The highest BCUT2D eigenvalue weighted by molar-refractivity contribution is 5.87. The van der Waals surface area contributed by atoms with Gasteiger partial charge in [0, 0.05) is 12.6 Å². The predicted molar refractivity (Wildman–Crippen MR) is 46.7 cm³/mol. The normalized spacial score (nSPS) is 10.0. The van der Waals surface area contributed by atoms with Crippen molar-refractivity contribution in [3.05, 3.63) is 22.1 Å². The summed E-state index contributed by atoms with van der Waals surface area (Å²) in [5.74, 6) is -0.470. The summed E-state index contributed by atoms with van der Waals surface area (Å²) < 4.78 is 6.22. The number of ether oxygens (including phenoxy) is 1. The van der Waals surface area contributed by atoms with E-state index in [0.29, 0.717) is 13.2 Å². The molecule has 0 atom stereocenters. The van der Waals surface area contributed by atoms with Crippen molar-refractivity contribution in [3.63, 3.8) is 0 Å². The standard InChI is InChI=1S/C8H12N2O3/c1-3-10-6(5-7(11)9-10)8(12)13-4-2/h5H,3-4H2,1-2H3,(H,9,11). The third-order valence-corrected chi connectivity index (χ3v) is 1.60. The summed E-state index contributed by atoms with van der Waals surface area (Å²) in [6, 6.07) is 1.24. The van der Waals surface area contributed by atoms with E-state index in [0.717, 1.165) is 0 Å². The first-order valence-electron chi connectivity index (χ1n) is 4.16. The van der Waals surface area contributed by atoms with Crippen LogP contribution in [0, 0.1) is 0 Å². The Bertz CT molecular complexity index is 351. The van der Waals surface area contributed by atoms with Crippen LogP contribution in [0.1, 0.15) is 24.3 Å². The number of carbonyl (C=O) groups excluding carboxylic acids is 1. The van der Waals surface area contributed by atoms with Crippen LogP contribution < -0.4 is 5.56 Å². The lowest BCUT2D eigenvalue weighted by atomic mass is 10.4. The molecule has 0 amide bonds. The SMILES string of the molecule is CCOC(=O)c1cc(=O)[nH]n1CC. The number of nitrogens with zero attached hydrogens (tertiary/aromatic N) is 1. The minimum Gasteiger partial charge on any atom is -0.461 e. The second kappa shape index (κ2) is 3.93. The summed E-state index contributed by atoms with van der Waals surface area (Å²) in [4.78, 5) is 22.1. The molecule has 0 spiro atoms. The van der Waals surface area contributed by atoms with E-state index in [1.807, 2.05) is 6.92 Å². The number of carbonyl (C=O) groups is 1. The molecule has 0 saturated carbocycles. The van der Waals surface area contributed by atoms with Crippen molar-refractivity contribution in [2.24, 2.45) is 0 Å². The Morgan fingerprint density at radius 3 is 2.85 bits per heavy atom. The van der Waals surface area contributed by atoms with Crippen molar-refractivity contribution in [3.8, 4) is 0 Å². The summed E-state index contributed by atoms with van der Waals surface area (Å²) in [5.41, 5.74) is -0.0146. The van der Waals surface area contributed by atoms with Crippen LogP contribution in [0.15, 0.2) is 10.9 Å². The number of nitrogens with one attached hydrogen (secondary N) is 1. The lowest BCUT2D eigenvalue weighted by molar-refractivity contribution is 0.0512. The predicted octanol–water partition coefficient (Wildman–Crippen LogP) is 0.373. The van der Waals surface area contributed by atoms with Gasteiger partial charge in [-0.25, -0.2) is 4.79 Å². The zero-order valence-corrected chi connectivity index (χ0v) is 7.66. The lowest BCUT2D eigenvalue weighted by Gasteiger charge is -2.03. The van der Waals surface area contributed by atoms with Crippen LogP contribution in [0.5, 0.6) is 0 Å². The molecule has 0 unspecified atom stereocenters. The second-order valence-corrected chi connectivity index (χ2v) is 2.47. The molecular weight excluding hydrogens is 172 g/mol. The molecule has 0 aliphatic rings. The maximum atomic E-state index is 11.2. The van der Waals surface area contributed by atoms with Gasteiger partial charge in [-0.3, -0.25) is 14.6 Å². The molecule has 1 heterocycles. The summed E-state index contributed by atoms with van der Waals surface area (Å²) >= 11 is 0. The highest BCUT2D eigenvalue weighted by Gasteiger charge is 2.12. The van der Waals surface area contributed by atoms with E-state index in [-0.39, 0.29) is 11.3 Å². The van der Waals surface area contributed by atoms with Crippen LogP contribution in [0.2, 0.25) is 0 Å². The Kier molecular flexibility index (Phi) is 2.89. The first-order chi connectivity index (χ1) is 6.19. The van der Waals surface area contributed by atoms with E-state index in [1.54, 1.807) is 6.92 Å². The number of hydrogen-bond acceptors (Lipinski definition) is 3. The van der Waals surface area contributed by atoms with E-state index in [9.17, 15) is 9.59 Å². The number of esters is 1. The molecule has 0 aromatic carbocycles. The van der Waals surface area contributed by atoms with Crippen LogP contribution in [0.4, 0.5) is 0 Å². The van der Waals surface area contributed by atoms with Crippen LogP contribution in [0.25, 0.3) is 0 Å². The fraction of sp³-hybridized carbons (Fsp3) is 0.500. The van der Waals surface area contributed by atoms with Crippen LogP contribution in [-0.4, -0.2) is 22.4 Å². The van der Waals surface area contributed by atoms with Gasteiger partial charge in [0.25, 0.3) is 5.56 Å². The minimum atomic E-state index is -0.470. The molecule has 1 aromatic rings. The third kappa shape index (κ3) is 1.99. The minimum absolute atomic E-state index is 0.273. The molecule has 5 nitrogen and oxygen atoms in total. The summed E-state index contributed by atoms with van der Waals surface area (Å²) in [5, 5.41) is 2.49. The van der Waals surface area contributed by atoms with Crippen LogP contribution >= 0.6 is 0 Å². The molecular formula is C8H12N2O3. The number of rotatable bonds is 3. The fourth-order valence-corrected chi connectivity index (χ4v) is 1.05. The third-order valence-electron chi connectivity index (χ3n) is 1.60. The monoisotopic (exact) mass is 184 g/mol. The highest BCUT2D eigenvalue weighted by Crippen LogP contribution is 1.97. The maximum Gasteiger partial charge on any atom is 0.356 e. The topological polar surface area (TPSA) is 64.1 Å². The van der Waals surface area contributed by atoms with E-state index >= 15 is 0 Å².